The molecule has 3 nitrogen and oxygen atoms in total. The third-order valence-electron chi connectivity index (χ3n) is 1.63. The molecule has 0 aliphatic heterocycles. The van der Waals surface area contributed by atoms with Crippen LogP contribution >= 0.6 is 15.9 Å². The lowest BCUT2D eigenvalue weighted by Crippen LogP contribution is -1.92. The van der Waals surface area contributed by atoms with E-state index in [1.165, 1.54) is 0 Å². The summed E-state index contributed by atoms with van der Waals surface area (Å²) in [6.07, 6.45) is 0. The van der Waals surface area contributed by atoms with Crippen molar-refractivity contribution < 1.29 is 0 Å². The van der Waals surface area contributed by atoms with Crippen LogP contribution < -0.4 is 5.43 Å². The van der Waals surface area contributed by atoms with Gasteiger partial charge in [0.2, 0.25) is 0 Å². The number of nitrogens with one attached hydrogen (secondary N) is 1. The summed E-state index contributed by atoms with van der Waals surface area (Å²) in [4.78, 5) is 0. The zero-order valence-electron chi connectivity index (χ0n) is 7.13. The lowest BCUT2D eigenvalue weighted by Gasteiger charge is -2.05. The zero-order valence-corrected chi connectivity index (χ0v) is 8.72. The highest BCUT2D eigenvalue weighted by Crippen LogP contribution is 2.24. The molecular formula is C9H8BrN3. The average molecular weight is 238 g/mol. The standard InChI is InChI=1S/C9H8BrN3/c1-6-3-8(10)7(5-11)4-9(6)13-12-2/h3-4,13H,2H2,1H3. The van der Waals surface area contributed by atoms with Crippen LogP contribution in [0.25, 0.3) is 0 Å². The third-order valence-corrected chi connectivity index (χ3v) is 2.29. The highest BCUT2D eigenvalue weighted by molar-refractivity contribution is 9.10. The Labute approximate surface area is 85.2 Å². The van der Waals surface area contributed by atoms with Gasteiger partial charge in [-0.05, 0) is 40.5 Å². The van der Waals surface area contributed by atoms with Gasteiger partial charge in [-0.3, -0.25) is 5.43 Å². The molecule has 0 saturated carbocycles. The van der Waals surface area contributed by atoms with Crippen LogP contribution in [0.3, 0.4) is 0 Å². The number of nitrogens with zero attached hydrogens (tertiary/aromatic N) is 2. The number of anilines is 1. The molecule has 4 heteroatoms. The monoisotopic (exact) mass is 237 g/mol. The Hall–Kier alpha value is -1.34. The van der Waals surface area contributed by atoms with E-state index in [-0.39, 0.29) is 0 Å². The van der Waals surface area contributed by atoms with Crippen molar-refractivity contribution in [2.45, 2.75) is 6.92 Å². The number of rotatable bonds is 2. The molecule has 0 spiro atoms. The van der Waals surface area contributed by atoms with Crippen LogP contribution in [-0.2, 0) is 0 Å². The van der Waals surface area contributed by atoms with Gasteiger partial charge < -0.3 is 0 Å². The summed E-state index contributed by atoms with van der Waals surface area (Å²) in [6.45, 7) is 5.25. The van der Waals surface area contributed by atoms with Gasteiger partial charge in [0.05, 0.1) is 11.3 Å². The first-order chi connectivity index (χ1) is 6.19. The van der Waals surface area contributed by atoms with Gasteiger partial charge in [-0.1, -0.05) is 0 Å². The summed E-state index contributed by atoms with van der Waals surface area (Å²) in [5.74, 6) is 0. The van der Waals surface area contributed by atoms with Gasteiger partial charge in [0.1, 0.15) is 6.07 Å². The molecule has 0 unspecified atom stereocenters. The molecule has 0 bridgehead atoms. The van der Waals surface area contributed by atoms with E-state index in [0.29, 0.717) is 5.56 Å². The van der Waals surface area contributed by atoms with E-state index in [0.717, 1.165) is 15.7 Å². The molecule has 13 heavy (non-hydrogen) atoms. The summed E-state index contributed by atoms with van der Waals surface area (Å²) in [6, 6.07) is 5.67. The molecule has 0 aromatic heterocycles. The van der Waals surface area contributed by atoms with Crippen molar-refractivity contribution in [3.8, 4) is 6.07 Å². The molecule has 1 aromatic carbocycles. The van der Waals surface area contributed by atoms with E-state index in [9.17, 15) is 0 Å². The van der Waals surface area contributed by atoms with Crippen LogP contribution in [0.1, 0.15) is 11.1 Å². The van der Waals surface area contributed by atoms with Crippen LogP contribution in [-0.4, -0.2) is 6.72 Å². The Morgan fingerprint density at radius 1 is 1.62 bits per heavy atom. The summed E-state index contributed by atoms with van der Waals surface area (Å²) < 4.78 is 0.794. The largest absolute Gasteiger partial charge is 0.279 e. The average Bonchev–Trinajstić information content (AvgIpc) is 2.10. The van der Waals surface area contributed by atoms with Crippen molar-refractivity contribution >= 4 is 28.3 Å². The second kappa shape index (κ2) is 4.06. The Kier molecular flexibility index (Phi) is 3.04. The number of hydrazone groups is 1. The number of hydrogen-bond acceptors (Lipinski definition) is 3. The van der Waals surface area contributed by atoms with Gasteiger partial charge in [-0.2, -0.15) is 10.4 Å². The van der Waals surface area contributed by atoms with Gasteiger partial charge in [0.25, 0.3) is 0 Å². The molecule has 0 atom stereocenters. The number of aryl methyl sites for hydroxylation is 1. The quantitative estimate of drug-likeness (QED) is 0.636. The predicted octanol–water partition coefficient (Wildman–Crippen LogP) is 2.66. The van der Waals surface area contributed by atoms with Crippen LogP contribution in [0, 0.1) is 18.3 Å². The topological polar surface area (TPSA) is 48.2 Å². The third kappa shape index (κ3) is 2.07. The van der Waals surface area contributed by atoms with E-state index in [4.69, 9.17) is 5.26 Å². The van der Waals surface area contributed by atoms with Crippen molar-refractivity contribution in [1.82, 2.24) is 0 Å². The van der Waals surface area contributed by atoms with Gasteiger partial charge >= 0.3 is 0 Å². The van der Waals surface area contributed by atoms with Crippen molar-refractivity contribution in [3.05, 3.63) is 27.7 Å². The van der Waals surface area contributed by atoms with Crippen LogP contribution in [0.4, 0.5) is 5.69 Å². The van der Waals surface area contributed by atoms with E-state index < -0.39 is 0 Å². The lowest BCUT2D eigenvalue weighted by atomic mass is 10.1. The van der Waals surface area contributed by atoms with E-state index in [2.05, 4.69) is 39.2 Å². The second-order valence-corrected chi connectivity index (χ2v) is 3.38. The molecule has 0 saturated heterocycles. The van der Waals surface area contributed by atoms with Gasteiger partial charge in [-0.15, -0.1) is 0 Å². The fraction of sp³-hybridized carbons (Fsp3) is 0.111. The molecule has 1 N–H and O–H groups in total. The first-order valence-corrected chi connectivity index (χ1v) is 4.40. The van der Waals surface area contributed by atoms with Crippen molar-refractivity contribution in [1.29, 1.82) is 5.26 Å². The molecular weight excluding hydrogens is 230 g/mol. The summed E-state index contributed by atoms with van der Waals surface area (Å²) in [5, 5.41) is 12.3. The SMILES string of the molecule is C=NNc1cc(C#N)c(Br)cc1C. The Bertz CT molecular complexity index is 379. The van der Waals surface area contributed by atoms with Crippen LogP contribution in [0.2, 0.25) is 0 Å². The smallest absolute Gasteiger partial charge is 0.100 e. The van der Waals surface area contributed by atoms with E-state index >= 15 is 0 Å². The maximum absolute atomic E-state index is 8.75. The van der Waals surface area contributed by atoms with Gasteiger partial charge in [0, 0.05) is 11.2 Å². The second-order valence-electron chi connectivity index (χ2n) is 2.53. The van der Waals surface area contributed by atoms with Crippen LogP contribution in [0.5, 0.6) is 0 Å². The normalized spacial score (nSPS) is 9.00. The summed E-state index contributed by atoms with van der Waals surface area (Å²) in [5.41, 5.74) is 5.11. The fourth-order valence-electron chi connectivity index (χ4n) is 0.964. The van der Waals surface area contributed by atoms with E-state index in [1.807, 2.05) is 13.0 Å². The van der Waals surface area contributed by atoms with Crippen LogP contribution in [0.15, 0.2) is 21.7 Å². The van der Waals surface area contributed by atoms with Crippen molar-refractivity contribution in [2.75, 3.05) is 5.43 Å². The maximum atomic E-state index is 8.75. The first-order valence-electron chi connectivity index (χ1n) is 3.61. The molecule has 0 radical (unpaired) electrons. The molecule has 0 heterocycles. The molecule has 0 amide bonds. The first kappa shape index (κ1) is 9.75. The fourth-order valence-corrected chi connectivity index (χ4v) is 1.51. The summed E-state index contributed by atoms with van der Waals surface area (Å²) in [7, 11) is 0. The Morgan fingerprint density at radius 3 is 2.85 bits per heavy atom. The van der Waals surface area contributed by atoms with Gasteiger partial charge in [0.15, 0.2) is 0 Å². The number of halogens is 1. The lowest BCUT2D eigenvalue weighted by molar-refractivity contribution is 1.30. The maximum Gasteiger partial charge on any atom is 0.100 e. The minimum atomic E-state index is 0.580. The highest BCUT2D eigenvalue weighted by Gasteiger charge is 2.03. The van der Waals surface area contributed by atoms with Gasteiger partial charge in [-0.25, -0.2) is 0 Å². The highest BCUT2D eigenvalue weighted by atomic mass is 79.9. The van der Waals surface area contributed by atoms with E-state index in [1.54, 1.807) is 6.07 Å². The van der Waals surface area contributed by atoms with Crippen molar-refractivity contribution in [2.24, 2.45) is 5.10 Å². The van der Waals surface area contributed by atoms with Crippen molar-refractivity contribution in [3.63, 3.8) is 0 Å². The zero-order chi connectivity index (χ0) is 9.84. The molecule has 0 aliphatic rings. The number of hydrogen-bond donors (Lipinski definition) is 1. The molecule has 0 aliphatic carbocycles. The Balaban J connectivity index is 3.23. The minimum Gasteiger partial charge on any atom is -0.279 e. The molecule has 1 rings (SSSR count). The summed E-state index contributed by atoms with van der Waals surface area (Å²) >= 11 is 3.30. The Morgan fingerprint density at radius 2 is 2.31 bits per heavy atom. The minimum absolute atomic E-state index is 0.580. The molecule has 66 valence electrons. The molecule has 1 aromatic rings. The number of benzene rings is 1. The molecule has 0 fully saturated rings. The number of nitriles is 1. The predicted molar refractivity (Wildman–Crippen MR) is 56.8 cm³/mol.